The van der Waals surface area contributed by atoms with Crippen molar-refractivity contribution in [2.24, 2.45) is 4.99 Å². The Bertz CT molecular complexity index is 126. The average molecular weight is 152 g/mol. The number of amidine groups is 1. The Hall–Kier alpha value is -0.320. The van der Waals surface area contributed by atoms with Crippen molar-refractivity contribution < 1.29 is 8.78 Å². The number of hydrogen-bond donors (Lipinski definition) is 1. The van der Waals surface area contributed by atoms with Gasteiger partial charge in [-0.2, -0.15) is 8.78 Å². The molecule has 0 amide bonds. The second-order valence-corrected chi connectivity index (χ2v) is 2.47. The summed E-state index contributed by atoms with van der Waals surface area (Å²) in [4.78, 5) is 3.76. The van der Waals surface area contributed by atoms with Gasteiger partial charge < -0.3 is 5.32 Å². The molecule has 5 heteroatoms. The van der Waals surface area contributed by atoms with E-state index < -0.39 is 5.76 Å². The third-order valence-corrected chi connectivity index (χ3v) is 1.52. The van der Waals surface area contributed by atoms with Crippen molar-refractivity contribution in [1.29, 1.82) is 0 Å². The zero-order chi connectivity index (χ0) is 6.69. The van der Waals surface area contributed by atoms with E-state index in [1.807, 2.05) is 0 Å². The van der Waals surface area contributed by atoms with Gasteiger partial charge in [-0.3, -0.25) is 4.99 Å². The van der Waals surface area contributed by atoms with Gasteiger partial charge in [-0.25, -0.2) is 0 Å². The summed E-state index contributed by atoms with van der Waals surface area (Å²) in [5.41, 5.74) is 0. The monoisotopic (exact) mass is 152 g/mol. The van der Waals surface area contributed by atoms with Crippen LogP contribution >= 0.6 is 11.8 Å². The first kappa shape index (κ1) is 6.80. The molecule has 0 fully saturated rings. The topological polar surface area (TPSA) is 24.4 Å². The third kappa shape index (κ3) is 2.17. The number of rotatable bonds is 1. The quantitative estimate of drug-likeness (QED) is 0.603. The van der Waals surface area contributed by atoms with Gasteiger partial charge in [0, 0.05) is 6.54 Å². The number of halogens is 2. The van der Waals surface area contributed by atoms with E-state index in [2.05, 4.69) is 10.3 Å². The van der Waals surface area contributed by atoms with Crippen molar-refractivity contribution in [2.75, 3.05) is 13.1 Å². The summed E-state index contributed by atoms with van der Waals surface area (Å²) >= 11 is 0.468. The molecule has 1 rings (SSSR count). The van der Waals surface area contributed by atoms with Gasteiger partial charge in [0.05, 0.1) is 6.54 Å². The Kier molecular flexibility index (Phi) is 2.27. The van der Waals surface area contributed by atoms with Crippen LogP contribution in [0.4, 0.5) is 8.78 Å². The second kappa shape index (κ2) is 3.00. The molecule has 9 heavy (non-hydrogen) atoms. The van der Waals surface area contributed by atoms with Crippen LogP contribution in [-0.2, 0) is 0 Å². The van der Waals surface area contributed by atoms with Crippen LogP contribution in [0.3, 0.4) is 0 Å². The van der Waals surface area contributed by atoms with Crippen LogP contribution in [0.15, 0.2) is 4.99 Å². The molecule has 0 unspecified atom stereocenters. The lowest BCUT2D eigenvalue weighted by Gasteiger charge is -1.97. The fourth-order valence-electron chi connectivity index (χ4n) is 0.540. The number of nitrogens with zero attached hydrogens (tertiary/aromatic N) is 1. The molecular formula is C4H6F2N2S. The zero-order valence-electron chi connectivity index (χ0n) is 4.60. The number of aliphatic imine (C=N–C) groups is 1. The number of thioether (sulfide) groups is 1. The van der Waals surface area contributed by atoms with Gasteiger partial charge in [0.1, 0.15) is 0 Å². The maximum absolute atomic E-state index is 11.5. The van der Waals surface area contributed by atoms with E-state index in [1.54, 1.807) is 0 Å². The predicted molar refractivity (Wildman–Crippen MR) is 33.9 cm³/mol. The summed E-state index contributed by atoms with van der Waals surface area (Å²) < 4.78 is 23.1. The third-order valence-electron chi connectivity index (χ3n) is 0.844. The summed E-state index contributed by atoms with van der Waals surface area (Å²) in [7, 11) is 0. The first-order valence-electron chi connectivity index (χ1n) is 2.52. The van der Waals surface area contributed by atoms with Crippen LogP contribution in [0, 0.1) is 0 Å². The van der Waals surface area contributed by atoms with Crippen LogP contribution in [0.25, 0.3) is 0 Å². The molecule has 0 saturated heterocycles. The maximum atomic E-state index is 11.5. The Balaban J connectivity index is 2.26. The standard InChI is InChI=1S/C4H6F2N2S/c5-3(6)9-4-7-1-2-8-4/h3H,1-2H2,(H,7,8). The fourth-order valence-corrected chi connectivity index (χ4v) is 1.06. The molecule has 1 aliphatic heterocycles. The van der Waals surface area contributed by atoms with Crippen LogP contribution in [0.1, 0.15) is 0 Å². The fraction of sp³-hybridized carbons (Fsp3) is 0.750. The summed E-state index contributed by atoms with van der Waals surface area (Å²) in [6, 6.07) is 0. The average Bonchev–Trinajstić information content (AvgIpc) is 2.15. The largest absolute Gasteiger partial charge is 0.363 e. The molecule has 0 spiro atoms. The van der Waals surface area contributed by atoms with Crippen molar-refractivity contribution in [1.82, 2.24) is 5.32 Å². The number of alkyl halides is 2. The van der Waals surface area contributed by atoms with E-state index in [4.69, 9.17) is 0 Å². The molecule has 1 aliphatic rings. The Morgan fingerprint density at radius 3 is 2.89 bits per heavy atom. The highest BCUT2D eigenvalue weighted by Gasteiger charge is 2.11. The second-order valence-electron chi connectivity index (χ2n) is 1.49. The lowest BCUT2D eigenvalue weighted by molar-refractivity contribution is 0.253. The van der Waals surface area contributed by atoms with Gasteiger partial charge >= 0.3 is 0 Å². The molecule has 0 aromatic carbocycles. The van der Waals surface area contributed by atoms with E-state index >= 15 is 0 Å². The minimum Gasteiger partial charge on any atom is -0.363 e. The van der Waals surface area contributed by atoms with Crippen molar-refractivity contribution in [2.45, 2.75) is 5.76 Å². The van der Waals surface area contributed by atoms with Gasteiger partial charge in [0.2, 0.25) is 0 Å². The van der Waals surface area contributed by atoms with Crippen LogP contribution in [-0.4, -0.2) is 24.0 Å². The van der Waals surface area contributed by atoms with Crippen molar-refractivity contribution in [3.8, 4) is 0 Å². The Morgan fingerprint density at radius 1 is 1.67 bits per heavy atom. The minimum atomic E-state index is -2.35. The van der Waals surface area contributed by atoms with Gasteiger partial charge in [-0.15, -0.1) is 0 Å². The molecule has 0 aromatic rings. The molecule has 0 aromatic heterocycles. The highest BCUT2D eigenvalue weighted by Crippen LogP contribution is 2.15. The van der Waals surface area contributed by atoms with E-state index in [1.165, 1.54) is 0 Å². The zero-order valence-corrected chi connectivity index (χ0v) is 5.42. The van der Waals surface area contributed by atoms with Gasteiger partial charge in [0.15, 0.2) is 5.17 Å². The Morgan fingerprint density at radius 2 is 2.44 bits per heavy atom. The molecule has 2 nitrogen and oxygen atoms in total. The van der Waals surface area contributed by atoms with E-state index in [-0.39, 0.29) is 0 Å². The number of hydrogen-bond acceptors (Lipinski definition) is 3. The molecule has 0 bridgehead atoms. The highest BCUT2D eigenvalue weighted by atomic mass is 32.2. The first-order valence-corrected chi connectivity index (χ1v) is 3.40. The molecule has 1 N–H and O–H groups in total. The molecule has 0 saturated carbocycles. The molecule has 1 heterocycles. The smallest absolute Gasteiger partial charge is 0.291 e. The molecular weight excluding hydrogens is 146 g/mol. The summed E-state index contributed by atoms with van der Waals surface area (Å²) in [5, 5.41) is 3.09. The molecule has 0 aliphatic carbocycles. The van der Waals surface area contributed by atoms with Crippen LogP contribution in [0.5, 0.6) is 0 Å². The summed E-state index contributed by atoms with van der Waals surface area (Å²) in [6.07, 6.45) is 0. The van der Waals surface area contributed by atoms with E-state index in [0.29, 0.717) is 30.0 Å². The number of nitrogens with one attached hydrogen (secondary N) is 1. The van der Waals surface area contributed by atoms with Gasteiger partial charge in [-0.1, -0.05) is 0 Å². The van der Waals surface area contributed by atoms with Gasteiger partial charge in [-0.05, 0) is 11.8 Å². The van der Waals surface area contributed by atoms with E-state index in [9.17, 15) is 8.78 Å². The Labute approximate surface area is 55.7 Å². The molecule has 52 valence electrons. The van der Waals surface area contributed by atoms with Crippen molar-refractivity contribution in [3.05, 3.63) is 0 Å². The van der Waals surface area contributed by atoms with E-state index in [0.717, 1.165) is 0 Å². The van der Waals surface area contributed by atoms with Crippen LogP contribution in [0.2, 0.25) is 0 Å². The summed E-state index contributed by atoms with van der Waals surface area (Å²) in [5.74, 6) is -2.35. The predicted octanol–water partition coefficient (Wildman–Crippen LogP) is 0.901. The summed E-state index contributed by atoms with van der Waals surface area (Å²) in [6.45, 7) is 1.31. The van der Waals surface area contributed by atoms with Gasteiger partial charge in [0.25, 0.3) is 5.76 Å². The normalized spacial score (nSPS) is 17.9. The lowest BCUT2D eigenvalue weighted by atomic mass is 10.7. The molecule has 0 radical (unpaired) electrons. The first-order chi connectivity index (χ1) is 4.29. The SMILES string of the molecule is FC(F)SC1=NCCN1. The highest BCUT2D eigenvalue weighted by molar-refractivity contribution is 8.14. The van der Waals surface area contributed by atoms with Crippen LogP contribution < -0.4 is 5.32 Å². The van der Waals surface area contributed by atoms with Crippen molar-refractivity contribution >= 4 is 16.9 Å². The minimum absolute atomic E-state index is 0.366. The van der Waals surface area contributed by atoms with Crippen molar-refractivity contribution in [3.63, 3.8) is 0 Å². The lowest BCUT2D eigenvalue weighted by Crippen LogP contribution is -2.16. The molecule has 0 atom stereocenters. The maximum Gasteiger partial charge on any atom is 0.291 e.